The highest BCUT2D eigenvalue weighted by molar-refractivity contribution is 6.33. The molecule has 7 aromatic carbocycles. The number of nitrogens with zero attached hydrogens (tertiary/aromatic N) is 4. The molecule has 0 spiro atoms. The van der Waals surface area contributed by atoms with Crippen LogP contribution < -0.4 is 0 Å². The monoisotopic (exact) mass is 694 g/mol. The van der Waals surface area contributed by atoms with Gasteiger partial charge < -0.3 is 17.9 Å². The van der Waals surface area contributed by atoms with Gasteiger partial charge in [0.05, 0.1) is 44.1 Å². The second-order valence-electron chi connectivity index (χ2n) is 16.6. The molecule has 0 saturated carbocycles. The number of aromatic nitrogens is 4. The second kappa shape index (κ2) is 9.45. The summed E-state index contributed by atoms with van der Waals surface area (Å²) in [5, 5.41) is 16.2. The van der Waals surface area contributed by atoms with Crippen molar-refractivity contribution in [1.82, 2.24) is 17.9 Å². The first-order valence-electron chi connectivity index (χ1n) is 19.5. The predicted molar refractivity (Wildman–Crippen MR) is 232 cm³/mol. The Hall–Kier alpha value is -6.26. The predicted octanol–water partition coefficient (Wildman–Crippen LogP) is 13.5. The first-order valence-corrected chi connectivity index (χ1v) is 19.5. The Morgan fingerprint density at radius 3 is 1.13 bits per heavy atom. The van der Waals surface area contributed by atoms with Crippen molar-refractivity contribution in [2.24, 2.45) is 14.1 Å². The van der Waals surface area contributed by atoms with Crippen molar-refractivity contribution in [3.8, 4) is 0 Å². The van der Waals surface area contributed by atoms with Gasteiger partial charge in [0.2, 0.25) is 0 Å². The standard InChI is InChI=1S/C50H38N4/c1-25(2)43-45-31-17-11-15-29-36-22-34-28-14-8-10-20-38(28)52(6)40(34)24-42(36)54(47(29)31)50(45)44(26(3)4)46-32-18-12-16-30-35-21-33-27-13-7-9-19-37(27)51(5)39(33)23-41(35)53(48(30)32)49(43)46/h7-26H,1-6H3. The largest absolute Gasteiger partial charge is 0.344 e. The lowest BCUT2D eigenvalue weighted by molar-refractivity contribution is 0.869. The molecule has 0 bridgehead atoms. The Bertz CT molecular complexity index is 3550. The third-order valence-electron chi connectivity index (χ3n) is 13.3. The summed E-state index contributed by atoms with van der Waals surface area (Å²) in [6.07, 6.45) is 0. The number of aryl methyl sites for hydroxylation is 2. The van der Waals surface area contributed by atoms with E-state index < -0.39 is 0 Å². The van der Waals surface area contributed by atoms with Crippen molar-refractivity contribution in [2.75, 3.05) is 0 Å². The highest BCUT2D eigenvalue weighted by Crippen LogP contribution is 2.52. The lowest BCUT2D eigenvalue weighted by Gasteiger charge is -2.19. The van der Waals surface area contributed by atoms with Crippen molar-refractivity contribution in [1.29, 1.82) is 0 Å². The quantitative estimate of drug-likeness (QED) is 0.172. The number of benzene rings is 7. The molecule has 0 N–H and O–H groups in total. The van der Waals surface area contributed by atoms with Crippen LogP contribution in [0.4, 0.5) is 0 Å². The molecule has 0 unspecified atom stereocenters. The van der Waals surface area contributed by atoms with E-state index >= 15 is 0 Å². The molecule has 13 rings (SSSR count). The van der Waals surface area contributed by atoms with Gasteiger partial charge in [-0.25, -0.2) is 0 Å². The van der Waals surface area contributed by atoms with E-state index in [-0.39, 0.29) is 0 Å². The van der Waals surface area contributed by atoms with Gasteiger partial charge in [0, 0.05) is 89.8 Å². The molecule has 4 nitrogen and oxygen atoms in total. The lowest BCUT2D eigenvalue weighted by atomic mass is 9.87. The van der Waals surface area contributed by atoms with Crippen LogP contribution in [0.15, 0.2) is 109 Å². The zero-order valence-corrected chi connectivity index (χ0v) is 31.3. The third-order valence-corrected chi connectivity index (χ3v) is 13.3. The fraction of sp³-hybridized carbons (Fsp3) is 0.160. The normalized spacial score (nSPS) is 13.3. The van der Waals surface area contributed by atoms with E-state index in [4.69, 9.17) is 0 Å². The van der Waals surface area contributed by atoms with Gasteiger partial charge >= 0.3 is 0 Å². The molecule has 0 atom stereocenters. The minimum Gasteiger partial charge on any atom is -0.344 e. The van der Waals surface area contributed by atoms with Crippen molar-refractivity contribution in [2.45, 2.75) is 39.5 Å². The molecule has 4 heteroatoms. The van der Waals surface area contributed by atoms with E-state index in [2.05, 4.69) is 169 Å². The Balaban J connectivity index is 1.31. The maximum atomic E-state index is 2.67. The average molecular weight is 695 g/mol. The Labute approximate surface area is 310 Å². The third kappa shape index (κ3) is 3.10. The van der Waals surface area contributed by atoms with E-state index in [1.54, 1.807) is 0 Å². The summed E-state index contributed by atoms with van der Waals surface area (Å²) in [7, 11) is 4.44. The van der Waals surface area contributed by atoms with Gasteiger partial charge in [-0.15, -0.1) is 0 Å². The van der Waals surface area contributed by atoms with Gasteiger partial charge in [-0.3, -0.25) is 0 Å². The molecule has 0 aliphatic carbocycles. The molecule has 0 amide bonds. The van der Waals surface area contributed by atoms with Gasteiger partial charge in [-0.1, -0.05) is 100 Å². The highest BCUT2D eigenvalue weighted by Gasteiger charge is 2.31. The van der Waals surface area contributed by atoms with E-state index in [1.165, 1.54) is 131 Å². The molecule has 54 heavy (non-hydrogen) atoms. The first kappa shape index (κ1) is 29.2. The molecule has 6 aromatic heterocycles. The zero-order valence-electron chi connectivity index (χ0n) is 31.3. The van der Waals surface area contributed by atoms with Crippen molar-refractivity contribution in [3.63, 3.8) is 0 Å². The summed E-state index contributed by atoms with van der Waals surface area (Å²) < 4.78 is 10.1. The minimum absolute atomic E-state index is 0.299. The molecule has 0 aliphatic rings. The molecule has 13 aromatic rings. The van der Waals surface area contributed by atoms with Crippen LogP contribution in [0.5, 0.6) is 0 Å². The number of fused-ring (bicyclic) bond motifs is 18. The zero-order chi connectivity index (χ0) is 36.0. The summed E-state index contributed by atoms with van der Waals surface area (Å²) in [6.45, 7) is 9.63. The lowest BCUT2D eigenvalue weighted by Crippen LogP contribution is -2.01. The number of hydrogen-bond donors (Lipinski definition) is 0. The molecule has 6 heterocycles. The molecule has 0 radical (unpaired) electrons. The van der Waals surface area contributed by atoms with Crippen LogP contribution in [-0.2, 0) is 14.1 Å². The summed E-state index contributed by atoms with van der Waals surface area (Å²) in [4.78, 5) is 0. The number of rotatable bonds is 2. The molecular formula is C50H38N4. The summed E-state index contributed by atoms with van der Waals surface area (Å²) in [5.74, 6) is 0.598. The smallest absolute Gasteiger partial charge is 0.0620 e. The highest BCUT2D eigenvalue weighted by atomic mass is 15.0. The summed E-state index contributed by atoms with van der Waals surface area (Å²) in [5.41, 5.74) is 16.1. The van der Waals surface area contributed by atoms with E-state index in [0.717, 1.165) is 0 Å². The van der Waals surface area contributed by atoms with E-state index in [0.29, 0.717) is 11.8 Å². The van der Waals surface area contributed by atoms with Crippen LogP contribution in [-0.4, -0.2) is 17.9 Å². The van der Waals surface area contributed by atoms with Gasteiger partial charge in [0.15, 0.2) is 0 Å². The van der Waals surface area contributed by atoms with Gasteiger partial charge in [-0.05, 0) is 59.4 Å². The topological polar surface area (TPSA) is 18.7 Å². The molecule has 0 aliphatic heterocycles. The number of para-hydroxylation sites is 4. The molecule has 0 fully saturated rings. The van der Waals surface area contributed by atoms with Crippen molar-refractivity contribution >= 4 is 120 Å². The average Bonchev–Trinajstić information content (AvgIpc) is 4.00. The second-order valence-corrected chi connectivity index (χ2v) is 16.6. The molecular weight excluding hydrogens is 657 g/mol. The minimum atomic E-state index is 0.299. The maximum absolute atomic E-state index is 2.67. The van der Waals surface area contributed by atoms with Gasteiger partial charge in [-0.2, -0.15) is 0 Å². The molecule has 258 valence electrons. The van der Waals surface area contributed by atoms with Crippen LogP contribution in [0.2, 0.25) is 0 Å². The number of hydrogen-bond acceptors (Lipinski definition) is 0. The van der Waals surface area contributed by atoms with E-state index in [1.807, 2.05) is 0 Å². The van der Waals surface area contributed by atoms with Crippen LogP contribution in [0.3, 0.4) is 0 Å². The Kier molecular flexibility index (Phi) is 5.11. The fourth-order valence-corrected chi connectivity index (χ4v) is 11.2. The Morgan fingerprint density at radius 1 is 0.333 bits per heavy atom. The van der Waals surface area contributed by atoms with Crippen LogP contribution in [0.25, 0.3) is 120 Å². The van der Waals surface area contributed by atoms with Crippen LogP contribution in [0.1, 0.15) is 50.7 Å². The first-order chi connectivity index (χ1) is 26.3. The molecule has 0 saturated heterocycles. The van der Waals surface area contributed by atoms with Crippen LogP contribution in [0, 0.1) is 0 Å². The summed E-state index contributed by atoms with van der Waals surface area (Å²) >= 11 is 0. The summed E-state index contributed by atoms with van der Waals surface area (Å²) in [6, 6.07) is 41.7. The van der Waals surface area contributed by atoms with Gasteiger partial charge in [0.25, 0.3) is 0 Å². The Morgan fingerprint density at radius 2 is 0.704 bits per heavy atom. The fourth-order valence-electron chi connectivity index (χ4n) is 11.2. The van der Waals surface area contributed by atoms with Crippen LogP contribution >= 0.6 is 0 Å². The van der Waals surface area contributed by atoms with Crippen molar-refractivity contribution < 1.29 is 0 Å². The van der Waals surface area contributed by atoms with Gasteiger partial charge in [0.1, 0.15) is 0 Å². The van der Waals surface area contributed by atoms with Crippen molar-refractivity contribution in [3.05, 3.63) is 120 Å². The SMILES string of the molecule is CC(C)c1c2c3cccc4c5cc6c7ccccc7n(C)c6cc5n(c2c(C(C)C)c2c5cccc6c7cc8c9ccccc9n(C)c8cc7n(c12)c65)c43. The maximum Gasteiger partial charge on any atom is 0.0620 e. The van der Waals surface area contributed by atoms with E-state index in [9.17, 15) is 0 Å².